The van der Waals surface area contributed by atoms with Gasteiger partial charge in [0.2, 0.25) is 0 Å². The maximum atomic E-state index is 9.29. The standard InChI is InChI=1S/C13H14N2O2/c16-8-10-7-14-9-15(10)12-5-6-17-13-4-2-1-3-11(12)13/h1-4,7,9,12,16H,5-6,8H2. The SMILES string of the molecule is OCc1cncn1C1CCOc2ccccc21. The first-order valence-corrected chi connectivity index (χ1v) is 5.73. The van der Waals surface area contributed by atoms with Crippen molar-refractivity contribution in [1.82, 2.24) is 9.55 Å². The normalized spacial score (nSPS) is 18.5. The van der Waals surface area contributed by atoms with Crippen LogP contribution in [0.25, 0.3) is 0 Å². The molecule has 0 saturated carbocycles. The fourth-order valence-corrected chi connectivity index (χ4v) is 2.35. The Morgan fingerprint density at radius 3 is 3.18 bits per heavy atom. The van der Waals surface area contributed by atoms with Gasteiger partial charge in [0.15, 0.2) is 0 Å². The summed E-state index contributed by atoms with van der Waals surface area (Å²) in [6, 6.07) is 8.25. The van der Waals surface area contributed by atoms with Crippen LogP contribution in [0.1, 0.15) is 23.7 Å². The molecule has 1 atom stereocenters. The van der Waals surface area contributed by atoms with Crippen molar-refractivity contribution in [2.75, 3.05) is 6.61 Å². The number of nitrogens with zero attached hydrogens (tertiary/aromatic N) is 2. The van der Waals surface area contributed by atoms with Gasteiger partial charge in [0.05, 0.1) is 37.5 Å². The lowest BCUT2D eigenvalue weighted by Gasteiger charge is -2.27. The largest absolute Gasteiger partial charge is 0.493 e. The fourth-order valence-electron chi connectivity index (χ4n) is 2.35. The molecule has 1 aromatic heterocycles. The number of para-hydroxylation sites is 1. The van der Waals surface area contributed by atoms with Crippen LogP contribution in [-0.2, 0) is 6.61 Å². The summed E-state index contributed by atoms with van der Waals surface area (Å²) in [7, 11) is 0. The van der Waals surface area contributed by atoms with Crippen LogP contribution in [0.2, 0.25) is 0 Å². The maximum Gasteiger partial charge on any atom is 0.124 e. The van der Waals surface area contributed by atoms with Gasteiger partial charge in [-0.15, -0.1) is 0 Å². The summed E-state index contributed by atoms with van der Waals surface area (Å²) in [5.74, 6) is 0.932. The zero-order valence-electron chi connectivity index (χ0n) is 9.41. The minimum Gasteiger partial charge on any atom is -0.493 e. The molecule has 0 fully saturated rings. The van der Waals surface area contributed by atoms with Crippen molar-refractivity contribution in [2.45, 2.75) is 19.1 Å². The molecule has 17 heavy (non-hydrogen) atoms. The monoisotopic (exact) mass is 230 g/mol. The van der Waals surface area contributed by atoms with E-state index in [1.807, 2.05) is 22.8 Å². The fraction of sp³-hybridized carbons (Fsp3) is 0.308. The molecule has 1 unspecified atom stereocenters. The van der Waals surface area contributed by atoms with Crippen molar-refractivity contribution in [3.05, 3.63) is 48.0 Å². The average Bonchev–Trinajstić information content (AvgIpc) is 2.86. The van der Waals surface area contributed by atoms with Crippen LogP contribution < -0.4 is 4.74 Å². The number of hydrogen-bond donors (Lipinski definition) is 1. The molecule has 4 nitrogen and oxygen atoms in total. The summed E-state index contributed by atoms with van der Waals surface area (Å²) in [4.78, 5) is 4.10. The molecule has 0 spiro atoms. The number of aliphatic hydroxyl groups is 1. The van der Waals surface area contributed by atoms with Crippen molar-refractivity contribution in [2.24, 2.45) is 0 Å². The smallest absolute Gasteiger partial charge is 0.124 e. The van der Waals surface area contributed by atoms with E-state index in [2.05, 4.69) is 11.1 Å². The van der Waals surface area contributed by atoms with Crippen LogP contribution in [-0.4, -0.2) is 21.3 Å². The van der Waals surface area contributed by atoms with Crippen LogP contribution in [0.3, 0.4) is 0 Å². The van der Waals surface area contributed by atoms with E-state index < -0.39 is 0 Å². The van der Waals surface area contributed by atoms with Gasteiger partial charge in [0.25, 0.3) is 0 Å². The molecule has 0 radical (unpaired) electrons. The minimum absolute atomic E-state index is 0.0134. The molecule has 1 aromatic carbocycles. The van der Waals surface area contributed by atoms with E-state index >= 15 is 0 Å². The highest BCUT2D eigenvalue weighted by atomic mass is 16.5. The maximum absolute atomic E-state index is 9.29. The summed E-state index contributed by atoms with van der Waals surface area (Å²) >= 11 is 0. The molecule has 0 amide bonds. The second-order valence-corrected chi connectivity index (χ2v) is 4.14. The molecule has 2 heterocycles. The van der Waals surface area contributed by atoms with E-state index in [4.69, 9.17) is 4.74 Å². The first-order chi connectivity index (χ1) is 8.40. The Morgan fingerprint density at radius 1 is 1.41 bits per heavy atom. The van der Waals surface area contributed by atoms with E-state index in [0.29, 0.717) is 6.61 Å². The number of imidazole rings is 1. The Hall–Kier alpha value is -1.81. The van der Waals surface area contributed by atoms with Gasteiger partial charge in [-0.2, -0.15) is 0 Å². The zero-order valence-corrected chi connectivity index (χ0v) is 9.41. The minimum atomic E-state index is 0.0134. The number of fused-ring (bicyclic) bond motifs is 1. The number of aliphatic hydroxyl groups excluding tert-OH is 1. The second kappa shape index (κ2) is 4.22. The molecule has 2 aromatic rings. The first kappa shape index (κ1) is 10.4. The third kappa shape index (κ3) is 1.70. The number of ether oxygens (including phenoxy) is 1. The Balaban J connectivity index is 2.06. The highest BCUT2D eigenvalue weighted by Crippen LogP contribution is 2.34. The quantitative estimate of drug-likeness (QED) is 0.855. The summed E-state index contributed by atoms with van der Waals surface area (Å²) in [5, 5.41) is 9.29. The molecule has 0 bridgehead atoms. The summed E-state index contributed by atoms with van der Waals surface area (Å²) in [6.07, 6.45) is 4.39. The van der Waals surface area contributed by atoms with E-state index in [1.54, 1.807) is 12.5 Å². The van der Waals surface area contributed by atoms with Crippen molar-refractivity contribution in [3.63, 3.8) is 0 Å². The Kier molecular flexibility index (Phi) is 2.57. The number of hydrogen-bond acceptors (Lipinski definition) is 3. The van der Waals surface area contributed by atoms with Gasteiger partial charge in [0, 0.05) is 12.0 Å². The Morgan fingerprint density at radius 2 is 2.29 bits per heavy atom. The first-order valence-electron chi connectivity index (χ1n) is 5.73. The molecule has 1 aliphatic rings. The highest BCUT2D eigenvalue weighted by molar-refractivity contribution is 5.38. The average molecular weight is 230 g/mol. The van der Waals surface area contributed by atoms with Crippen LogP contribution in [0.5, 0.6) is 5.75 Å². The van der Waals surface area contributed by atoms with Crippen molar-refractivity contribution < 1.29 is 9.84 Å². The lowest BCUT2D eigenvalue weighted by Crippen LogP contribution is -2.21. The van der Waals surface area contributed by atoms with Crippen molar-refractivity contribution in [3.8, 4) is 5.75 Å². The van der Waals surface area contributed by atoms with Crippen LogP contribution >= 0.6 is 0 Å². The van der Waals surface area contributed by atoms with Gasteiger partial charge in [-0.05, 0) is 6.07 Å². The van der Waals surface area contributed by atoms with Crippen molar-refractivity contribution in [1.29, 1.82) is 0 Å². The van der Waals surface area contributed by atoms with Gasteiger partial charge >= 0.3 is 0 Å². The van der Waals surface area contributed by atoms with Gasteiger partial charge < -0.3 is 14.4 Å². The molecule has 1 N–H and O–H groups in total. The lowest BCUT2D eigenvalue weighted by atomic mass is 10.0. The van der Waals surface area contributed by atoms with Gasteiger partial charge in [-0.3, -0.25) is 0 Å². The van der Waals surface area contributed by atoms with Crippen LogP contribution in [0.4, 0.5) is 0 Å². The third-order valence-corrected chi connectivity index (χ3v) is 3.17. The molecular weight excluding hydrogens is 216 g/mol. The van der Waals surface area contributed by atoms with Gasteiger partial charge in [-0.25, -0.2) is 4.98 Å². The molecule has 1 aliphatic heterocycles. The lowest BCUT2D eigenvalue weighted by molar-refractivity contribution is 0.239. The number of rotatable bonds is 2. The predicted octanol–water partition coefficient (Wildman–Crippen LogP) is 1.75. The Bertz CT molecular complexity index is 522. The molecule has 0 saturated heterocycles. The van der Waals surface area contributed by atoms with Gasteiger partial charge in [-0.1, -0.05) is 18.2 Å². The predicted molar refractivity (Wildman–Crippen MR) is 62.8 cm³/mol. The summed E-state index contributed by atoms with van der Waals surface area (Å²) < 4.78 is 7.66. The van der Waals surface area contributed by atoms with Crippen LogP contribution in [0.15, 0.2) is 36.8 Å². The molecular formula is C13H14N2O2. The summed E-state index contributed by atoms with van der Waals surface area (Å²) in [5.41, 5.74) is 2.00. The molecule has 4 heteroatoms. The number of benzene rings is 1. The Labute approximate surface area is 99.5 Å². The van der Waals surface area contributed by atoms with E-state index in [1.165, 1.54) is 0 Å². The van der Waals surface area contributed by atoms with E-state index in [-0.39, 0.29) is 12.6 Å². The van der Waals surface area contributed by atoms with Gasteiger partial charge in [0.1, 0.15) is 5.75 Å². The topological polar surface area (TPSA) is 47.3 Å². The van der Waals surface area contributed by atoms with Crippen LogP contribution in [0, 0.1) is 0 Å². The second-order valence-electron chi connectivity index (χ2n) is 4.14. The van der Waals surface area contributed by atoms with E-state index in [0.717, 1.165) is 23.4 Å². The number of aromatic nitrogens is 2. The van der Waals surface area contributed by atoms with E-state index in [9.17, 15) is 5.11 Å². The summed E-state index contributed by atoms with van der Waals surface area (Å²) in [6.45, 7) is 0.713. The molecule has 0 aliphatic carbocycles. The van der Waals surface area contributed by atoms with Crippen molar-refractivity contribution >= 4 is 0 Å². The third-order valence-electron chi connectivity index (χ3n) is 3.17. The highest BCUT2D eigenvalue weighted by Gasteiger charge is 2.23. The zero-order chi connectivity index (χ0) is 11.7. The molecule has 88 valence electrons. The molecule has 3 rings (SSSR count).